The smallest absolute Gasteiger partial charge is 0.409 e. The second-order valence-electron chi connectivity index (χ2n) is 4.34. The number of carbonyl (C=O) groups is 2. The van der Waals surface area contributed by atoms with Gasteiger partial charge >= 0.3 is 12.1 Å². The zero-order chi connectivity index (χ0) is 11.4. The Balaban J connectivity index is 2.15. The van der Waals surface area contributed by atoms with E-state index in [1.165, 1.54) is 4.90 Å². The fraction of sp³-hybridized carbons (Fsp3) is 0.800. The van der Waals surface area contributed by atoms with Crippen LogP contribution in [0, 0.1) is 11.8 Å². The molecule has 5 nitrogen and oxygen atoms in total. The van der Waals surface area contributed by atoms with E-state index >= 15 is 0 Å². The summed E-state index contributed by atoms with van der Waals surface area (Å²) in [5.41, 5.74) is 0. The van der Waals surface area contributed by atoms with Crippen LogP contribution in [0.25, 0.3) is 0 Å². The average molecular weight is 215 g/mol. The summed E-state index contributed by atoms with van der Waals surface area (Å²) in [4.78, 5) is 23.2. The van der Waals surface area contributed by atoms with Gasteiger partial charge in [-0.05, 0) is 5.92 Å². The topological polar surface area (TPSA) is 66.8 Å². The molecule has 1 heterocycles. The molecule has 1 saturated heterocycles. The summed E-state index contributed by atoms with van der Waals surface area (Å²) in [6, 6.07) is 0. The predicted molar refractivity (Wildman–Crippen MR) is 53.5 cm³/mol. The van der Waals surface area contributed by atoms with Crippen LogP contribution in [0.5, 0.6) is 0 Å². The average Bonchev–Trinajstić information content (AvgIpc) is 2.06. The van der Waals surface area contributed by atoms with E-state index in [1.807, 2.05) is 13.8 Å². The molecule has 86 valence electrons. The van der Waals surface area contributed by atoms with Gasteiger partial charge in [0.2, 0.25) is 0 Å². The molecule has 1 fully saturated rings. The molecule has 0 unspecified atom stereocenters. The lowest BCUT2D eigenvalue weighted by Crippen LogP contribution is -2.50. The Morgan fingerprint density at radius 2 is 2.07 bits per heavy atom. The molecular formula is C10H17NO4. The quantitative estimate of drug-likeness (QED) is 0.764. The van der Waals surface area contributed by atoms with Gasteiger partial charge in [0.25, 0.3) is 0 Å². The van der Waals surface area contributed by atoms with Gasteiger partial charge in [-0.1, -0.05) is 13.8 Å². The number of amides is 1. The van der Waals surface area contributed by atoms with Crippen molar-refractivity contribution in [2.45, 2.75) is 20.3 Å². The zero-order valence-electron chi connectivity index (χ0n) is 9.10. The molecule has 1 aliphatic rings. The molecule has 15 heavy (non-hydrogen) atoms. The van der Waals surface area contributed by atoms with Crippen molar-refractivity contribution in [1.29, 1.82) is 0 Å². The molecule has 1 N–H and O–H groups in total. The number of nitrogens with zero attached hydrogens (tertiary/aromatic N) is 1. The molecule has 1 rings (SSSR count). The van der Waals surface area contributed by atoms with Gasteiger partial charge in [-0.25, -0.2) is 4.79 Å². The van der Waals surface area contributed by atoms with Crippen molar-refractivity contribution in [3.63, 3.8) is 0 Å². The van der Waals surface area contributed by atoms with Crippen LogP contribution in [0.2, 0.25) is 0 Å². The third-order valence-corrected chi connectivity index (χ3v) is 2.22. The van der Waals surface area contributed by atoms with Crippen LogP contribution in [-0.4, -0.2) is 41.8 Å². The van der Waals surface area contributed by atoms with Crippen LogP contribution in [0.1, 0.15) is 20.3 Å². The Bertz CT molecular complexity index is 246. The largest absolute Gasteiger partial charge is 0.481 e. The molecule has 0 atom stereocenters. The van der Waals surface area contributed by atoms with Crippen molar-refractivity contribution < 1.29 is 19.4 Å². The van der Waals surface area contributed by atoms with Crippen molar-refractivity contribution in [1.82, 2.24) is 4.90 Å². The van der Waals surface area contributed by atoms with E-state index in [9.17, 15) is 9.59 Å². The van der Waals surface area contributed by atoms with E-state index in [0.717, 1.165) is 0 Å². The first-order valence-electron chi connectivity index (χ1n) is 5.12. The molecule has 0 bridgehead atoms. The SMILES string of the molecule is CC(C)COC(=O)N1CC(CC(=O)O)C1. The summed E-state index contributed by atoms with van der Waals surface area (Å²) in [5, 5.41) is 8.52. The third-order valence-electron chi connectivity index (χ3n) is 2.22. The highest BCUT2D eigenvalue weighted by Crippen LogP contribution is 2.19. The number of carboxylic acids is 1. The van der Waals surface area contributed by atoms with Crippen LogP contribution in [0.3, 0.4) is 0 Å². The van der Waals surface area contributed by atoms with E-state index in [2.05, 4.69) is 0 Å². The van der Waals surface area contributed by atoms with Crippen LogP contribution in [0.4, 0.5) is 4.79 Å². The number of carbonyl (C=O) groups excluding carboxylic acids is 1. The fourth-order valence-electron chi connectivity index (χ4n) is 1.42. The molecule has 0 saturated carbocycles. The lowest BCUT2D eigenvalue weighted by molar-refractivity contribution is -0.139. The molecule has 0 aromatic heterocycles. The number of rotatable bonds is 4. The minimum atomic E-state index is -0.810. The van der Waals surface area contributed by atoms with Gasteiger partial charge in [0, 0.05) is 19.0 Å². The molecule has 0 aliphatic carbocycles. The molecule has 0 spiro atoms. The zero-order valence-corrected chi connectivity index (χ0v) is 9.10. The van der Waals surface area contributed by atoms with E-state index in [-0.39, 0.29) is 18.4 Å². The fourth-order valence-corrected chi connectivity index (χ4v) is 1.42. The highest BCUT2D eigenvalue weighted by Gasteiger charge is 2.32. The second kappa shape index (κ2) is 5.00. The maximum Gasteiger partial charge on any atom is 0.409 e. The molecule has 5 heteroatoms. The van der Waals surface area contributed by atoms with Crippen LogP contribution < -0.4 is 0 Å². The lowest BCUT2D eigenvalue weighted by atomic mass is 9.97. The van der Waals surface area contributed by atoms with Crippen molar-refractivity contribution in [3.8, 4) is 0 Å². The number of hydrogen-bond donors (Lipinski definition) is 1. The number of aliphatic carboxylic acids is 1. The molecule has 0 aromatic carbocycles. The van der Waals surface area contributed by atoms with Gasteiger partial charge < -0.3 is 14.7 Å². The summed E-state index contributed by atoms with van der Waals surface area (Å²) in [7, 11) is 0. The molecular weight excluding hydrogens is 198 g/mol. The van der Waals surface area contributed by atoms with Crippen molar-refractivity contribution in [2.75, 3.05) is 19.7 Å². The van der Waals surface area contributed by atoms with Crippen LogP contribution in [0.15, 0.2) is 0 Å². The Morgan fingerprint density at radius 3 is 2.53 bits per heavy atom. The first-order chi connectivity index (χ1) is 6.99. The Morgan fingerprint density at radius 1 is 1.47 bits per heavy atom. The maximum atomic E-state index is 11.3. The van der Waals surface area contributed by atoms with Crippen molar-refractivity contribution >= 4 is 12.1 Å². The minimum absolute atomic E-state index is 0.0918. The van der Waals surface area contributed by atoms with E-state index in [4.69, 9.17) is 9.84 Å². The lowest BCUT2D eigenvalue weighted by Gasteiger charge is -2.37. The molecule has 0 radical (unpaired) electrons. The number of ether oxygens (including phenoxy) is 1. The van der Waals surface area contributed by atoms with Gasteiger partial charge in [0.15, 0.2) is 0 Å². The minimum Gasteiger partial charge on any atom is -0.481 e. The van der Waals surface area contributed by atoms with Crippen LogP contribution >= 0.6 is 0 Å². The molecule has 1 aliphatic heterocycles. The summed E-state index contributed by atoms with van der Waals surface area (Å²) in [6.07, 6.45) is -0.195. The van der Waals surface area contributed by atoms with Gasteiger partial charge in [0.05, 0.1) is 13.0 Å². The maximum absolute atomic E-state index is 11.3. The normalized spacial score (nSPS) is 16.3. The van der Waals surface area contributed by atoms with E-state index in [1.54, 1.807) is 0 Å². The highest BCUT2D eigenvalue weighted by molar-refractivity contribution is 5.70. The van der Waals surface area contributed by atoms with Gasteiger partial charge in [0.1, 0.15) is 0 Å². The highest BCUT2D eigenvalue weighted by atomic mass is 16.6. The standard InChI is InChI=1S/C10H17NO4/c1-7(2)6-15-10(14)11-4-8(5-11)3-9(12)13/h7-8H,3-6H2,1-2H3,(H,12,13). The molecule has 1 amide bonds. The number of carboxylic acid groups (broad SMARTS) is 1. The summed E-state index contributed by atoms with van der Waals surface area (Å²) >= 11 is 0. The second-order valence-corrected chi connectivity index (χ2v) is 4.34. The van der Waals surface area contributed by atoms with Crippen molar-refractivity contribution in [3.05, 3.63) is 0 Å². The number of likely N-dealkylation sites (tertiary alicyclic amines) is 1. The summed E-state index contributed by atoms with van der Waals surface area (Å²) < 4.78 is 5.00. The van der Waals surface area contributed by atoms with Gasteiger partial charge in [-0.3, -0.25) is 4.79 Å². The molecule has 0 aromatic rings. The third kappa shape index (κ3) is 3.77. The van der Waals surface area contributed by atoms with E-state index in [0.29, 0.717) is 25.6 Å². The Kier molecular flexibility index (Phi) is 3.94. The monoisotopic (exact) mass is 215 g/mol. The van der Waals surface area contributed by atoms with Crippen molar-refractivity contribution in [2.24, 2.45) is 11.8 Å². The Labute approximate surface area is 89.0 Å². The van der Waals surface area contributed by atoms with Gasteiger partial charge in [-0.2, -0.15) is 0 Å². The van der Waals surface area contributed by atoms with Gasteiger partial charge in [-0.15, -0.1) is 0 Å². The summed E-state index contributed by atoms with van der Waals surface area (Å²) in [5.74, 6) is -0.394. The first kappa shape index (κ1) is 11.8. The number of hydrogen-bond acceptors (Lipinski definition) is 3. The first-order valence-corrected chi connectivity index (χ1v) is 5.12. The summed E-state index contributed by atoms with van der Waals surface area (Å²) in [6.45, 7) is 5.36. The van der Waals surface area contributed by atoms with E-state index < -0.39 is 5.97 Å². The predicted octanol–water partition coefficient (Wildman–Crippen LogP) is 1.19. The van der Waals surface area contributed by atoms with Crippen LogP contribution in [-0.2, 0) is 9.53 Å². The Hall–Kier alpha value is -1.26.